The maximum absolute atomic E-state index is 12.3. The van der Waals surface area contributed by atoms with Crippen LogP contribution < -0.4 is 0 Å². The van der Waals surface area contributed by atoms with E-state index in [4.69, 9.17) is 9.47 Å². The smallest absolute Gasteiger partial charge is 0.328 e. The van der Waals surface area contributed by atoms with Crippen molar-refractivity contribution in [3.8, 4) is 0 Å². The molecule has 6 heteroatoms. The molecule has 2 rings (SSSR count). The lowest BCUT2D eigenvalue weighted by Gasteiger charge is -2.22. The Labute approximate surface area is 124 Å². The summed E-state index contributed by atoms with van der Waals surface area (Å²) in [7, 11) is 2.97. The third kappa shape index (κ3) is 3.67. The van der Waals surface area contributed by atoms with E-state index in [-0.39, 0.29) is 18.0 Å². The number of likely N-dealkylation sites (tertiary alicyclic amines) is 1. The molecule has 0 spiro atoms. The average Bonchev–Trinajstić information content (AvgIpc) is 3.12. The van der Waals surface area contributed by atoms with Crippen molar-refractivity contribution in [2.24, 2.45) is 0 Å². The standard InChI is InChI=1S/C14H23NO4S/c1-18-10-7-12(14(17)19-2)15(8-10)13(16)9-20-11-5-3-4-6-11/h10-12H,3-9H2,1-2H3/t10-,12-/m0/s1. The molecule has 1 aliphatic carbocycles. The SMILES string of the molecule is COC(=O)[C@@H]1C[C@H](OC)CN1C(=O)CSC1CCCC1. The minimum Gasteiger partial charge on any atom is -0.467 e. The summed E-state index contributed by atoms with van der Waals surface area (Å²) in [6.45, 7) is 0.486. The quantitative estimate of drug-likeness (QED) is 0.719. The van der Waals surface area contributed by atoms with Gasteiger partial charge in [0.2, 0.25) is 5.91 Å². The molecule has 0 bridgehead atoms. The van der Waals surface area contributed by atoms with Crippen LogP contribution >= 0.6 is 11.8 Å². The lowest BCUT2D eigenvalue weighted by molar-refractivity contribution is -0.150. The fourth-order valence-electron chi connectivity index (χ4n) is 2.93. The molecule has 1 aliphatic heterocycles. The molecule has 0 aromatic rings. The van der Waals surface area contributed by atoms with Gasteiger partial charge < -0.3 is 14.4 Å². The third-order valence-electron chi connectivity index (χ3n) is 4.13. The van der Waals surface area contributed by atoms with Crippen molar-refractivity contribution in [3.05, 3.63) is 0 Å². The number of carbonyl (C=O) groups excluding carboxylic acids is 2. The molecule has 114 valence electrons. The van der Waals surface area contributed by atoms with Gasteiger partial charge in [-0.15, -0.1) is 11.8 Å². The first-order valence-electron chi connectivity index (χ1n) is 7.17. The fraction of sp³-hybridized carbons (Fsp3) is 0.857. The molecule has 2 aliphatic rings. The van der Waals surface area contributed by atoms with Crippen LogP contribution in [0.5, 0.6) is 0 Å². The summed E-state index contributed by atoms with van der Waals surface area (Å²) >= 11 is 1.73. The van der Waals surface area contributed by atoms with Gasteiger partial charge in [0, 0.05) is 25.3 Å². The zero-order valence-corrected chi connectivity index (χ0v) is 13.0. The van der Waals surface area contributed by atoms with Crippen LogP contribution in [0.1, 0.15) is 32.1 Å². The lowest BCUT2D eigenvalue weighted by atomic mass is 10.2. The van der Waals surface area contributed by atoms with Gasteiger partial charge in [0.05, 0.1) is 19.0 Å². The maximum atomic E-state index is 12.3. The van der Waals surface area contributed by atoms with Crippen molar-refractivity contribution in [1.82, 2.24) is 4.90 Å². The van der Waals surface area contributed by atoms with Gasteiger partial charge in [-0.3, -0.25) is 4.79 Å². The number of nitrogens with zero attached hydrogens (tertiary/aromatic N) is 1. The highest BCUT2D eigenvalue weighted by atomic mass is 32.2. The maximum Gasteiger partial charge on any atom is 0.328 e. The summed E-state index contributed by atoms with van der Waals surface area (Å²) in [6, 6.07) is -0.485. The number of thioether (sulfide) groups is 1. The summed E-state index contributed by atoms with van der Waals surface area (Å²) in [5.41, 5.74) is 0. The molecular formula is C14H23NO4S. The number of hydrogen-bond acceptors (Lipinski definition) is 5. The Morgan fingerprint density at radius 3 is 2.55 bits per heavy atom. The molecule has 0 N–H and O–H groups in total. The largest absolute Gasteiger partial charge is 0.467 e. The number of ether oxygens (including phenoxy) is 2. The van der Waals surface area contributed by atoms with E-state index < -0.39 is 6.04 Å². The van der Waals surface area contributed by atoms with Crippen molar-refractivity contribution >= 4 is 23.6 Å². The van der Waals surface area contributed by atoms with Crippen LogP contribution in [-0.2, 0) is 19.1 Å². The zero-order valence-electron chi connectivity index (χ0n) is 12.2. The fourth-order valence-corrected chi connectivity index (χ4v) is 4.14. The number of amides is 1. The first kappa shape index (κ1) is 15.6. The average molecular weight is 301 g/mol. The zero-order chi connectivity index (χ0) is 14.5. The van der Waals surface area contributed by atoms with E-state index in [0.29, 0.717) is 24.0 Å². The molecular weight excluding hydrogens is 278 g/mol. The second-order valence-corrected chi connectivity index (χ2v) is 6.68. The van der Waals surface area contributed by atoms with E-state index >= 15 is 0 Å². The predicted octanol–water partition coefficient (Wildman–Crippen LogP) is 1.45. The van der Waals surface area contributed by atoms with Crippen molar-refractivity contribution in [3.63, 3.8) is 0 Å². The predicted molar refractivity (Wildman–Crippen MR) is 77.6 cm³/mol. The monoisotopic (exact) mass is 301 g/mol. The van der Waals surface area contributed by atoms with E-state index in [1.165, 1.54) is 32.8 Å². The third-order valence-corrected chi connectivity index (χ3v) is 5.49. The number of rotatable bonds is 5. The molecule has 1 amide bonds. The number of esters is 1. The normalized spacial score (nSPS) is 27.0. The van der Waals surface area contributed by atoms with E-state index in [9.17, 15) is 9.59 Å². The van der Waals surface area contributed by atoms with Gasteiger partial charge in [0.25, 0.3) is 0 Å². The molecule has 0 radical (unpaired) electrons. The molecule has 0 aromatic heterocycles. The summed E-state index contributed by atoms with van der Waals surface area (Å²) < 4.78 is 10.1. The summed E-state index contributed by atoms with van der Waals surface area (Å²) in [5, 5.41) is 0.608. The van der Waals surface area contributed by atoms with Gasteiger partial charge in [0.1, 0.15) is 6.04 Å². The van der Waals surface area contributed by atoms with E-state index in [2.05, 4.69) is 0 Å². The highest BCUT2D eigenvalue weighted by molar-refractivity contribution is 8.00. The first-order valence-corrected chi connectivity index (χ1v) is 8.22. The lowest BCUT2D eigenvalue weighted by Crippen LogP contribution is -2.42. The second-order valence-electron chi connectivity index (χ2n) is 5.40. The van der Waals surface area contributed by atoms with E-state index in [1.807, 2.05) is 0 Å². The second kappa shape index (κ2) is 7.31. The minimum absolute atomic E-state index is 0.0249. The van der Waals surface area contributed by atoms with Crippen molar-refractivity contribution < 1.29 is 19.1 Å². The molecule has 1 saturated carbocycles. The van der Waals surface area contributed by atoms with Crippen LogP contribution in [0.3, 0.4) is 0 Å². The van der Waals surface area contributed by atoms with Crippen molar-refractivity contribution in [1.29, 1.82) is 0 Å². The molecule has 0 aromatic carbocycles. The van der Waals surface area contributed by atoms with Crippen molar-refractivity contribution in [2.75, 3.05) is 26.5 Å². The molecule has 1 heterocycles. The van der Waals surface area contributed by atoms with E-state index in [1.54, 1.807) is 23.8 Å². The van der Waals surface area contributed by atoms with Gasteiger partial charge in [-0.2, -0.15) is 0 Å². The van der Waals surface area contributed by atoms with Crippen molar-refractivity contribution in [2.45, 2.75) is 49.5 Å². The van der Waals surface area contributed by atoms with Crippen LogP contribution in [0.2, 0.25) is 0 Å². The number of methoxy groups -OCH3 is 2. The topological polar surface area (TPSA) is 55.8 Å². The Morgan fingerprint density at radius 1 is 1.25 bits per heavy atom. The molecule has 2 fully saturated rings. The van der Waals surface area contributed by atoms with Crippen LogP contribution in [0.4, 0.5) is 0 Å². The highest BCUT2D eigenvalue weighted by Gasteiger charge is 2.40. The van der Waals surface area contributed by atoms with Gasteiger partial charge in [0.15, 0.2) is 0 Å². The first-order chi connectivity index (χ1) is 9.65. The summed E-state index contributed by atoms with van der Waals surface area (Å²) in [4.78, 5) is 25.7. The van der Waals surface area contributed by atoms with Crippen LogP contribution in [0.25, 0.3) is 0 Å². The summed E-state index contributed by atoms with van der Waals surface area (Å²) in [5.74, 6) is 0.134. The molecule has 5 nitrogen and oxygen atoms in total. The Balaban J connectivity index is 1.89. The number of carbonyl (C=O) groups is 2. The van der Waals surface area contributed by atoms with Gasteiger partial charge in [-0.05, 0) is 12.8 Å². The van der Waals surface area contributed by atoms with Gasteiger partial charge in [-0.1, -0.05) is 12.8 Å². The minimum atomic E-state index is -0.485. The number of hydrogen-bond donors (Lipinski definition) is 0. The molecule has 20 heavy (non-hydrogen) atoms. The van der Waals surface area contributed by atoms with E-state index in [0.717, 1.165) is 0 Å². The Hall–Kier alpha value is -0.750. The molecule has 2 atom stereocenters. The Morgan fingerprint density at radius 2 is 1.95 bits per heavy atom. The Bertz CT molecular complexity index is 357. The van der Waals surface area contributed by atoms with Gasteiger partial charge >= 0.3 is 5.97 Å². The summed E-state index contributed by atoms with van der Waals surface area (Å²) in [6.07, 6.45) is 5.42. The van der Waals surface area contributed by atoms with Gasteiger partial charge in [-0.25, -0.2) is 4.79 Å². The van der Waals surface area contributed by atoms with Crippen LogP contribution in [0.15, 0.2) is 0 Å². The highest BCUT2D eigenvalue weighted by Crippen LogP contribution is 2.30. The van der Waals surface area contributed by atoms with Crippen LogP contribution in [0, 0.1) is 0 Å². The van der Waals surface area contributed by atoms with Crippen LogP contribution in [-0.4, -0.2) is 60.7 Å². The Kier molecular flexibility index (Phi) is 5.72. The molecule has 1 saturated heterocycles. The molecule has 0 unspecified atom stereocenters.